The lowest BCUT2D eigenvalue weighted by atomic mass is 9.90. The zero-order valence-corrected chi connectivity index (χ0v) is 11.9. The number of carbonyl (C=O) groups is 1. The fourth-order valence-corrected chi connectivity index (χ4v) is 2.71. The second kappa shape index (κ2) is 6.71. The molecule has 1 fully saturated rings. The molecule has 1 aliphatic rings. The Kier molecular flexibility index (Phi) is 4.97. The smallest absolute Gasteiger partial charge is 0.222 e. The molecule has 2 rings (SSSR count). The van der Waals surface area contributed by atoms with E-state index in [4.69, 9.17) is 0 Å². The van der Waals surface area contributed by atoms with Crippen LogP contribution >= 0.6 is 0 Å². The highest BCUT2D eigenvalue weighted by molar-refractivity contribution is 5.77. The van der Waals surface area contributed by atoms with Crippen molar-refractivity contribution < 1.29 is 4.79 Å². The summed E-state index contributed by atoms with van der Waals surface area (Å²) in [6.45, 7) is 5.30. The maximum absolute atomic E-state index is 12.1. The van der Waals surface area contributed by atoms with Crippen LogP contribution in [0.2, 0.25) is 0 Å². The Hall–Kier alpha value is -1.35. The van der Waals surface area contributed by atoms with Crippen molar-refractivity contribution in [2.24, 2.45) is 5.92 Å². The topological polar surface area (TPSA) is 41.1 Å². The van der Waals surface area contributed by atoms with E-state index in [1.54, 1.807) is 0 Å². The summed E-state index contributed by atoms with van der Waals surface area (Å²) < 4.78 is 0. The van der Waals surface area contributed by atoms with Gasteiger partial charge in [0.25, 0.3) is 0 Å². The number of carbonyl (C=O) groups excluding carboxylic acids is 1. The molecule has 1 heterocycles. The number of hydrogen-bond donors (Lipinski definition) is 2. The molecule has 3 atom stereocenters. The normalized spacial score (nSPS) is 24.7. The zero-order chi connectivity index (χ0) is 13.7. The molecule has 0 radical (unpaired) electrons. The minimum atomic E-state index is 0.0765. The van der Waals surface area contributed by atoms with Crippen LogP contribution in [0.1, 0.15) is 44.7 Å². The largest absolute Gasteiger partial charge is 0.350 e. The molecule has 0 spiro atoms. The number of hydrogen-bond acceptors (Lipinski definition) is 2. The summed E-state index contributed by atoms with van der Waals surface area (Å²) in [6, 6.07) is 10.5. The van der Waals surface area contributed by atoms with E-state index in [1.807, 2.05) is 37.3 Å². The third-order valence-corrected chi connectivity index (χ3v) is 4.01. The third kappa shape index (κ3) is 4.06. The van der Waals surface area contributed by atoms with Gasteiger partial charge >= 0.3 is 0 Å². The van der Waals surface area contributed by atoms with Gasteiger partial charge in [-0.25, -0.2) is 0 Å². The van der Waals surface area contributed by atoms with E-state index in [0.717, 1.165) is 12.1 Å². The predicted octanol–water partition coefficient (Wildman–Crippen LogP) is 2.64. The van der Waals surface area contributed by atoms with E-state index in [1.165, 1.54) is 12.8 Å². The summed E-state index contributed by atoms with van der Waals surface area (Å²) in [7, 11) is 0. The first-order valence-electron chi connectivity index (χ1n) is 7.24. The average Bonchev–Trinajstić information content (AvgIpc) is 2.42. The summed E-state index contributed by atoms with van der Waals surface area (Å²) in [4.78, 5) is 12.1. The summed E-state index contributed by atoms with van der Waals surface area (Å²) in [5.74, 6) is 0.731. The summed E-state index contributed by atoms with van der Waals surface area (Å²) in [5, 5.41) is 6.54. The molecule has 3 unspecified atom stereocenters. The molecule has 0 aliphatic carbocycles. The van der Waals surface area contributed by atoms with E-state index < -0.39 is 0 Å². The highest BCUT2D eigenvalue weighted by Crippen LogP contribution is 2.18. The van der Waals surface area contributed by atoms with Gasteiger partial charge in [0.1, 0.15) is 0 Å². The molecule has 3 nitrogen and oxygen atoms in total. The maximum atomic E-state index is 12.1. The lowest BCUT2D eigenvalue weighted by molar-refractivity contribution is -0.122. The molecule has 0 saturated carbocycles. The minimum absolute atomic E-state index is 0.0765. The van der Waals surface area contributed by atoms with Crippen LogP contribution in [-0.4, -0.2) is 18.5 Å². The van der Waals surface area contributed by atoms with Crippen LogP contribution in [0.5, 0.6) is 0 Å². The van der Waals surface area contributed by atoms with Crippen molar-refractivity contribution in [3.63, 3.8) is 0 Å². The number of benzene rings is 1. The van der Waals surface area contributed by atoms with E-state index in [2.05, 4.69) is 17.6 Å². The van der Waals surface area contributed by atoms with Gasteiger partial charge in [0.05, 0.1) is 6.04 Å². The Bertz CT molecular complexity index is 404. The molecule has 0 aromatic heterocycles. The molecule has 3 heteroatoms. The van der Waals surface area contributed by atoms with Crippen molar-refractivity contribution in [1.82, 2.24) is 10.6 Å². The van der Waals surface area contributed by atoms with E-state index in [9.17, 15) is 4.79 Å². The van der Waals surface area contributed by atoms with Crippen LogP contribution in [0.4, 0.5) is 0 Å². The predicted molar refractivity (Wildman–Crippen MR) is 77.8 cm³/mol. The molecule has 1 amide bonds. The molecule has 1 aromatic carbocycles. The monoisotopic (exact) mass is 260 g/mol. The lowest BCUT2D eigenvalue weighted by Gasteiger charge is -2.30. The molecule has 1 aromatic rings. The van der Waals surface area contributed by atoms with E-state index in [-0.39, 0.29) is 11.9 Å². The van der Waals surface area contributed by atoms with Crippen molar-refractivity contribution in [3.8, 4) is 0 Å². The standard InChI is InChI=1S/C16H24N2O/c1-12-7-6-10-17-15(12)11-16(19)18-13(2)14-8-4-3-5-9-14/h3-5,8-9,12-13,15,17H,6-7,10-11H2,1-2H3,(H,18,19). The second-order valence-electron chi connectivity index (χ2n) is 5.58. The molecule has 0 bridgehead atoms. The molecule has 1 saturated heterocycles. The van der Waals surface area contributed by atoms with Crippen molar-refractivity contribution in [3.05, 3.63) is 35.9 Å². The number of amides is 1. The SMILES string of the molecule is CC(NC(=O)CC1NCCCC1C)c1ccccc1. The van der Waals surface area contributed by atoms with Gasteiger partial charge in [0, 0.05) is 12.5 Å². The van der Waals surface area contributed by atoms with Gasteiger partial charge in [-0.3, -0.25) is 4.79 Å². The highest BCUT2D eigenvalue weighted by Gasteiger charge is 2.23. The van der Waals surface area contributed by atoms with Gasteiger partial charge in [-0.05, 0) is 37.8 Å². The van der Waals surface area contributed by atoms with Crippen LogP contribution in [-0.2, 0) is 4.79 Å². The van der Waals surface area contributed by atoms with Crippen LogP contribution in [0.3, 0.4) is 0 Å². The second-order valence-corrected chi connectivity index (χ2v) is 5.58. The number of rotatable bonds is 4. The van der Waals surface area contributed by atoms with Crippen molar-refractivity contribution >= 4 is 5.91 Å². The highest BCUT2D eigenvalue weighted by atomic mass is 16.1. The van der Waals surface area contributed by atoms with E-state index >= 15 is 0 Å². The van der Waals surface area contributed by atoms with Crippen molar-refractivity contribution in [2.45, 2.75) is 45.2 Å². The Morgan fingerprint density at radius 1 is 1.42 bits per heavy atom. The molecular weight excluding hydrogens is 236 g/mol. The van der Waals surface area contributed by atoms with Gasteiger partial charge in [0.15, 0.2) is 0 Å². The van der Waals surface area contributed by atoms with Gasteiger partial charge in [-0.15, -0.1) is 0 Å². The quantitative estimate of drug-likeness (QED) is 0.874. The van der Waals surface area contributed by atoms with Gasteiger partial charge in [0.2, 0.25) is 5.91 Å². The lowest BCUT2D eigenvalue weighted by Crippen LogP contribution is -2.43. The first-order valence-corrected chi connectivity index (χ1v) is 7.24. The first kappa shape index (κ1) is 14.1. The van der Waals surface area contributed by atoms with Crippen LogP contribution < -0.4 is 10.6 Å². The molecule has 19 heavy (non-hydrogen) atoms. The Morgan fingerprint density at radius 2 is 2.16 bits per heavy atom. The van der Waals surface area contributed by atoms with Gasteiger partial charge in [-0.2, -0.15) is 0 Å². The van der Waals surface area contributed by atoms with Crippen LogP contribution in [0.15, 0.2) is 30.3 Å². The van der Waals surface area contributed by atoms with Gasteiger partial charge in [-0.1, -0.05) is 37.3 Å². The maximum Gasteiger partial charge on any atom is 0.222 e. The third-order valence-electron chi connectivity index (χ3n) is 4.01. The number of piperidine rings is 1. The number of nitrogens with one attached hydrogen (secondary N) is 2. The fraction of sp³-hybridized carbons (Fsp3) is 0.562. The Balaban J connectivity index is 1.84. The molecular formula is C16H24N2O. The zero-order valence-electron chi connectivity index (χ0n) is 11.9. The summed E-state index contributed by atoms with van der Waals surface area (Å²) >= 11 is 0. The van der Waals surface area contributed by atoms with Crippen LogP contribution in [0, 0.1) is 5.92 Å². The summed E-state index contributed by atoms with van der Waals surface area (Å²) in [5.41, 5.74) is 1.15. The average molecular weight is 260 g/mol. The van der Waals surface area contributed by atoms with E-state index in [0.29, 0.717) is 18.4 Å². The van der Waals surface area contributed by atoms with Crippen molar-refractivity contribution in [1.29, 1.82) is 0 Å². The fourth-order valence-electron chi connectivity index (χ4n) is 2.71. The minimum Gasteiger partial charge on any atom is -0.350 e. The molecule has 104 valence electrons. The molecule has 2 N–H and O–H groups in total. The van der Waals surface area contributed by atoms with Gasteiger partial charge < -0.3 is 10.6 Å². The van der Waals surface area contributed by atoms with Crippen LogP contribution in [0.25, 0.3) is 0 Å². The Labute approximate surface area is 115 Å². The first-order chi connectivity index (χ1) is 9.16. The molecule has 1 aliphatic heterocycles. The van der Waals surface area contributed by atoms with Crippen molar-refractivity contribution in [2.75, 3.05) is 6.54 Å². The Morgan fingerprint density at radius 3 is 2.84 bits per heavy atom. The summed E-state index contributed by atoms with van der Waals surface area (Å²) in [6.07, 6.45) is 3.03.